The van der Waals surface area contributed by atoms with Crippen LogP contribution in [0.5, 0.6) is 0 Å². The fourth-order valence-corrected chi connectivity index (χ4v) is 1.94. The van der Waals surface area contributed by atoms with Gasteiger partial charge in [-0.2, -0.15) is 0 Å². The summed E-state index contributed by atoms with van der Waals surface area (Å²) in [4.78, 5) is 0. The maximum atomic E-state index is 6.08. The molecule has 17 heavy (non-hydrogen) atoms. The highest BCUT2D eigenvalue weighted by molar-refractivity contribution is 6.33. The van der Waals surface area contributed by atoms with E-state index in [1.807, 2.05) is 18.2 Å². The number of hydrogen-bond acceptors (Lipinski definition) is 2. The molecule has 0 heterocycles. The first kappa shape index (κ1) is 14.8. The Morgan fingerprint density at radius 1 is 1.12 bits per heavy atom. The largest absolute Gasteiger partial charge is 0.315 e. The Balaban J connectivity index is 2.20. The van der Waals surface area contributed by atoms with Crippen LogP contribution in [0.2, 0.25) is 10.0 Å². The van der Waals surface area contributed by atoms with Crippen LogP contribution >= 0.6 is 23.2 Å². The highest BCUT2D eigenvalue weighted by Gasteiger charge is 2.00. The lowest BCUT2D eigenvalue weighted by Gasteiger charge is -2.09. The van der Waals surface area contributed by atoms with E-state index >= 15 is 0 Å². The van der Waals surface area contributed by atoms with E-state index in [2.05, 4.69) is 24.5 Å². The molecule has 0 spiro atoms. The molecule has 0 saturated heterocycles. The Kier molecular flexibility index (Phi) is 6.90. The van der Waals surface area contributed by atoms with Crippen molar-refractivity contribution in [3.63, 3.8) is 0 Å². The minimum atomic E-state index is 0.541. The van der Waals surface area contributed by atoms with Crippen LogP contribution in [-0.4, -0.2) is 25.7 Å². The second-order valence-electron chi connectivity index (χ2n) is 4.34. The molecule has 2 nitrogen and oxygen atoms in total. The van der Waals surface area contributed by atoms with Crippen LogP contribution < -0.4 is 10.6 Å². The van der Waals surface area contributed by atoms with Crippen molar-refractivity contribution in [2.45, 2.75) is 26.3 Å². The molecular formula is C13H20Cl2N2. The molecule has 0 aliphatic carbocycles. The number of halogens is 2. The molecule has 1 rings (SSSR count). The first-order valence-electron chi connectivity index (χ1n) is 5.97. The minimum absolute atomic E-state index is 0.541. The topological polar surface area (TPSA) is 24.1 Å². The monoisotopic (exact) mass is 274 g/mol. The van der Waals surface area contributed by atoms with E-state index in [4.69, 9.17) is 23.2 Å². The van der Waals surface area contributed by atoms with E-state index in [1.165, 1.54) is 0 Å². The van der Waals surface area contributed by atoms with Crippen molar-refractivity contribution in [3.05, 3.63) is 33.8 Å². The quantitative estimate of drug-likeness (QED) is 0.747. The molecule has 0 bridgehead atoms. The molecule has 1 aromatic rings. The van der Waals surface area contributed by atoms with Gasteiger partial charge in [-0.3, -0.25) is 0 Å². The second-order valence-corrected chi connectivity index (χ2v) is 5.19. The van der Waals surface area contributed by atoms with Crippen molar-refractivity contribution in [3.8, 4) is 0 Å². The molecule has 0 unspecified atom stereocenters. The zero-order valence-electron chi connectivity index (χ0n) is 10.4. The molecule has 2 N–H and O–H groups in total. The van der Waals surface area contributed by atoms with E-state index in [0.717, 1.165) is 41.7 Å². The van der Waals surface area contributed by atoms with Gasteiger partial charge in [0.25, 0.3) is 0 Å². The molecule has 0 fully saturated rings. The molecular weight excluding hydrogens is 255 g/mol. The van der Waals surface area contributed by atoms with Crippen molar-refractivity contribution in [1.29, 1.82) is 0 Å². The second kappa shape index (κ2) is 7.93. The highest BCUT2D eigenvalue weighted by Crippen LogP contribution is 2.20. The molecule has 0 aromatic heterocycles. The zero-order valence-corrected chi connectivity index (χ0v) is 11.9. The number of rotatable bonds is 7. The van der Waals surface area contributed by atoms with Gasteiger partial charge in [-0.1, -0.05) is 37.0 Å². The van der Waals surface area contributed by atoms with Crippen molar-refractivity contribution in [2.24, 2.45) is 0 Å². The highest BCUT2D eigenvalue weighted by atomic mass is 35.5. The summed E-state index contributed by atoms with van der Waals surface area (Å²) in [7, 11) is 0. The maximum absolute atomic E-state index is 6.08. The van der Waals surface area contributed by atoms with Gasteiger partial charge in [-0.05, 0) is 36.7 Å². The van der Waals surface area contributed by atoms with Gasteiger partial charge in [0, 0.05) is 29.2 Å². The van der Waals surface area contributed by atoms with Crippen LogP contribution in [0.15, 0.2) is 18.2 Å². The first-order valence-corrected chi connectivity index (χ1v) is 6.73. The molecule has 0 radical (unpaired) electrons. The summed E-state index contributed by atoms with van der Waals surface area (Å²) in [6, 6.07) is 6.13. The summed E-state index contributed by atoms with van der Waals surface area (Å²) in [6.45, 7) is 7.16. The van der Waals surface area contributed by atoms with Gasteiger partial charge in [0.15, 0.2) is 0 Å². The predicted molar refractivity (Wildman–Crippen MR) is 76.2 cm³/mol. The van der Waals surface area contributed by atoms with E-state index in [1.54, 1.807) is 0 Å². The first-order chi connectivity index (χ1) is 8.09. The molecule has 0 aliphatic heterocycles. The zero-order chi connectivity index (χ0) is 12.7. The average Bonchev–Trinajstić information content (AvgIpc) is 2.27. The molecule has 1 aromatic carbocycles. The lowest BCUT2D eigenvalue weighted by Crippen LogP contribution is -2.32. The molecule has 0 aliphatic rings. The Bertz CT molecular complexity index is 340. The van der Waals surface area contributed by atoms with Gasteiger partial charge in [-0.15, -0.1) is 0 Å². The van der Waals surface area contributed by atoms with Gasteiger partial charge in [0.1, 0.15) is 0 Å². The predicted octanol–water partition coefficient (Wildman–Crippen LogP) is 3.12. The summed E-state index contributed by atoms with van der Waals surface area (Å²) < 4.78 is 0. The van der Waals surface area contributed by atoms with Gasteiger partial charge in [0.2, 0.25) is 0 Å². The van der Waals surface area contributed by atoms with Gasteiger partial charge >= 0.3 is 0 Å². The van der Waals surface area contributed by atoms with E-state index < -0.39 is 0 Å². The Morgan fingerprint density at radius 3 is 2.59 bits per heavy atom. The van der Waals surface area contributed by atoms with Gasteiger partial charge in [0.05, 0.1) is 0 Å². The SMILES string of the molecule is CC(C)NCCNCCc1cc(Cl)ccc1Cl. The number of benzene rings is 1. The number of hydrogen-bond donors (Lipinski definition) is 2. The number of nitrogens with one attached hydrogen (secondary N) is 2. The summed E-state index contributed by atoms with van der Waals surface area (Å²) in [6.07, 6.45) is 0.904. The molecule has 0 amide bonds. The maximum Gasteiger partial charge on any atom is 0.0439 e. The van der Waals surface area contributed by atoms with E-state index in [0.29, 0.717) is 6.04 Å². The van der Waals surface area contributed by atoms with Crippen LogP contribution in [0, 0.1) is 0 Å². The fraction of sp³-hybridized carbons (Fsp3) is 0.538. The van der Waals surface area contributed by atoms with Crippen LogP contribution in [0.25, 0.3) is 0 Å². The van der Waals surface area contributed by atoms with Crippen molar-refractivity contribution >= 4 is 23.2 Å². The third-order valence-corrected chi connectivity index (χ3v) is 3.04. The molecule has 4 heteroatoms. The van der Waals surface area contributed by atoms with Gasteiger partial charge < -0.3 is 10.6 Å². The summed E-state index contributed by atoms with van der Waals surface area (Å²) in [5.74, 6) is 0. The van der Waals surface area contributed by atoms with Crippen LogP contribution in [0.3, 0.4) is 0 Å². The van der Waals surface area contributed by atoms with Gasteiger partial charge in [-0.25, -0.2) is 0 Å². The third-order valence-electron chi connectivity index (χ3n) is 2.43. The fourth-order valence-electron chi connectivity index (χ4n) is 1.53. The summed E-state index contributed by atoms with van der Waals surface area (Å²) in [5.41, 5.74) is 1.10. The lowest BCUT2D eigenvalue weighted by atomic mass is 10.1. The Labute approximate surface area is 114 Å². The van der Waals surface area contributed by atoms with Crippen molar-refractivity contribution in [1.82, 2.24) is 10.6 Å². The summed E-state index contributed by atoms with van der Waals surface area (Å²) >= 11 is 12.0. The van der Waals surface area contributed by atoms with Crippen molar-refractivity contribution < 1.29 is 0 Å². The lowest BCUT2D eigenvalue weighted by molar-refractivity contribution is 0.556. The van der Waals surface area contributed by atoms with Crippen LogP contribution in [0.1, 0.15) is 19.4 Å². The molecule has 0 saturated carbocycles. The van der Waals surface area contributed by atoms with E-state index in [-0.39, 0.29) is 0 Å². The van der Waals surface area contributed by atoms with Crippen LogP contribution in [0.4, 0.5) is 0 Å². The minimum Gasteiger partial charge on any atom is -0.315 e. The summed E-state index contributed by atoms with van der Waals surface area (Å²) in [5, 5.41) is 8.26. The van der Waals surface area contributed by atoms with Crippen molar-refractivity contribution in [2.75, 3.05) is 19.6 Å². The van der Waals surface area contributed by atoms with Crippen LogP contribution in [-0.2, 0) is 6.42 Å². The van der Waals surface area contributed by atoms with E-state index in [9.17, 15) is 0 Å². The molecule has 0 atom stereocenters. The Hall–Kier alpha value is -0.280. The Morgan fingerprint density at radius 2 is 1.88 bits per heavy atom. The average molecular weight is 275 g/mol. The third kappa shape index (κ3) is 6.27. The normalized spacial score (nSPS) is 11.1. The smallest absolute Gasteiger partial charge is 0.0439 e. The molecule has 96 valence electrons. The standard InChI is InChI=1S/C13H20Cl2N2/c1-10(2)17-8-7-16-6-5-11-9-12(14)3-4-13(11)15/h3-4,9-10,16-17H,5-8H2,1-2H3.